The molecule has 0 saturated heterocycles. The van der Waals surface area contributed by atoms with Crippen LogP contribution in [0, 0.1) is 0 Å². The lowest BCUT2D eigenvalue weighted by Crippen LogP contribution is -2.29. The maximum absolute atomic E-state index is 12.8. The monoisotopic (exact) mass is 379 g/mol. The maximum atomic E-state index is 12.8. The van der Waals surface area contributed by atoms with Crippen molar-refractivity contribution in [3.8, 4) is 0 Å². The number of anilines is 2. The quantitative estimate of drug-likeness (QED) is 0.638. The Morgan fingerprint density at radius 2 is 1.52 bits per heavy atom. The lowest BCUT2D eigenvalue weighted by molar-refractivity contribution is 0.0747. The van der Waals surface area contributed by atoms with Crippen LogP contribution in [0.4, 0.5) is 15.5 Å². The van der Waals surface area contributed by atoms with Crippen LogP contribution in [0.5, 0.6) is 0 Å². The summed E-state index contributed by atoms with van der Waals surface area (Å²) in [5, 5.41) is 6.13. The van der Waals surface area contributed by atoms with E-state index < -0.39 is 0 Å². The van der Waals surface area contributed by atoms with E-state index in [0.717, 1.165) is 5.56 Å². The predicted octanol–water partition coefficient (Wildman–Crippen LogP) is 5.23. The number of nitrogens with one attached hydrogen (secondary N) is 2. The minimum absolute atomic E-state index is 0.0430. The van der Waals surface area contributed by atoms with Crippen molar-refractivity contribution >= 4 is 34.0 Å². The van der Waals surface area contributed by atoms with Crippen LogP contribution in [0.3, 0.4) is 0 Å². The number of urea groups is 1. The second-order valence-corrected chi connectivity index (χ2v) is 7.20. The summed E-state index contributed by atoms with van der Waals surface area (Å²) in [6, 6.07) is 22.2. The Labute approximate surface area is 162 Å². The average Bonchev–Trinajstić information content (AvgIpc) is 3.16. The molecule has 1 heterocycles. The summed E-state index contributed by atoms with van der Waals surface area (Å²) in [6.07, 6.45) is 0. The number of rotatable bonds is 5. The molecule has 27 heavy (non-hydrogen) atoms. The summed E-state index contributed by atoms with van der Waals surface area (Å²) >= 11 is 1.26. The van der Waals surface area contributed by atoms with E-state index in [1.165, 1.54) is 11.3 Å². The van der Waals surface area contributed by atoms with Crippen molar-refractivity contribution in [2.45, 2.75) is 13.0 Å². The summed E-state index contributed by atoms with van der Waals surface area (Å²) in [4.78, 5) is 27.1. The minimum Gasteiger partial charge on any atom is -0.334 e. The highest BCUT2D eigenvalue weighted by atomic mass is 32.1. The molecule has 3 rings (SSSR count). The predicted molar refractivity (Wildman–Crippen MR) is 110 cm³/mol. The number of hydrogen-bond donors (Lipinski definition) is 2. The lowest BCUT2D eigenvalue weighted by atomic mass is 10.1. The molecule has 3 aromatic rings. The number of carbonyl (C=O) groups excluding carboxylic acids is 2. The number of para-hydroxylation sites is 1. The highest BCUT2D eigenvalue weighted by Crippen LogP contribution is 2.26. The van der Waals surface area contributed by atoms with E-state index in [-0.39, 0.29) is 18.0 Å². The standard InChI is InChI=1S/C21H21N3O2S/c1-15(16-9-5-3-6-10-16)24(2)20(25)18-13-14-19(27-18)23-21(26)22-17-11-7-4-8-12-17/h3-15H,1-2H3,(H2,22,23,26). The van der Waals surface area contributed by atoms with Gasteiger partial charge in [0.2, 0.25) is 0 Å². The largest absolute Gasteiger partial charge is 0.334 e. The fraction of sp³-hybridized carbons (Fsp3) is 0.143. The summed E-state index contributed by atoms with van der Waals surface area (Å²) < 4.78 is 0. The Balaban J connectivity index is 1.62. The van der Waals surface area contributed by atoms with Crippen molar-refractivity contribution in [2.24, 2.45) is 0 Å². The van der Waals surface area contributed by atoms with Gasteiger partial charge in [-0.25, -0.2) is 4.79 Å². The first kappa shape index (κ1) is 18.7. The van der Waals surface area contributed by atoms with Crippen LogP contribution >= 0.6 is 11.3 Å². The van der Waals surface area contributed by atoms with Gasteiger partial charge in [-0.3, -0.25) is 10.1 Å². The molecule has 0 spiro atoms. The molecule has 0 saturated carbocycles. The Bertz CT molecular complexity index is 909. The summed E-state index contributed by atoms with van der Waals surface area (Å²) in [6.45, 7) is 1.99. The van der Waals surface area contributed by atoms with Crippen LogP contribution in [0.2, 0.25) is 0 Å². The van der Waals surface area contributed by atoms with Crippen LogP contribution in [-0.4, -0.2) is 23.9 Å². The first-order chi connectivity index (χ1) is 13.0. The van der Waals surface area contributed by atoms with Gasteiger partial charge in [0.05, 0.1) is 15.9 Å². The summed E-state index contributed by atoms with van der Waals surface area (Å²) in [5.41, 5.74) is 1.78. The van der Waals surface area contributed by atoms with Gasteiger partial charge >= 0.3 is 6.03 Å². The third-order valence-corrected chi connectivity index (χ3v) is 5.26. The van der Waals surface area contributed by atoms with Gasteiger partial charge in [0, 0.05) is 12.7 Å². The van der Waals surface area contributed by atoms with E-state index in [1.807, 2.05) is 67.6 Å². The fourth-order valence-electron chi connectivity index (χ4n) is 2.62. The van der Waals surface area contributed by atoms with Gasteiger partial charge in [0.15, 0.2) is 0 Å². The molecule has 0 aliphatic heterocycles. The van der Waals surface area contributed by atoms with Crippen LogP contribution in [-0.2, 0) is 0 Å². The second-order valence-electron chi connectivity index (χ2n) is 6.11. The van der Waals surface area contributed by atoms with E-state index in [1.54, 1.807) is 24.1 Å². The number of nitrogens with zero attached hydrogens (tertiary/aromatic N) is 1. The zero-order valence-corrected chi connectivity index (χ0v) is 16.0. The van der Waals surface area contributed by atoms with E-state index >= 15 is 0 Å². The molecule has 0 radical (unpaired) electrons. The number of hydrogen-bond acceptors (Lipinski definition) is 3. The molecule has 138 valence electrons. The Morgan fingerprint density at radius 1 is 0.889 bits per heavy atom. The lowest BCUT2D eigenvalue weighted by Gasteiger charge is -2.24. The molecule has 6 heteroatoms. The summed E-state index contributed by atoms with van der Waals surface area (Å²) in [5.74, 6) is -0.0760. The van der Waals surface area contributed by atoms with Crippen molar-refractivity contribution in [2.75, 3.05) is 17.7 Å². The van der Waals surface area contributed by atoms with Crippen LogP contribution < -0.4 is 10.6 Å². The van der Waals surface area contributed by atoms with Gasteiger partial charge in [-0.2, -0.15) is 0 Å². The SMILES string of the molecule is CC(c1ccccc1)N(C)C(=O)c1ccc(NC(=O)Nc2ccccc2)s1. The molecule has 0 aliphatic rings. The molecule has 3 amide bonds. The third kappa shape index (κ3) is 4.74. The van der Waals surface area contributed by atoms with E-state index in [0.29, 0.717) is 15.6 Å². The second kappa shape index (κ2) is 8.51. The Morgan fingerprint density at radius 3 is 2.19 bits per heavy atom. The van der Waals surface area contributed by atoms with Crippen molar-refractivity contribution in [1.82, 2.24) is 4.90 Å². The van der Waals surface area contributed by atoms with Gasteiger partial charge in [0.1, 0.15) is 0 Å². The minimum atomic E-state index is -0.340. The van der Waals surface area contributed by atoms with Crippen molar-refractivity contribution in [3.05, 3.63) is 83.2 Å². The number of benzene rings is 2. The van der Waals surface area contributed by atoms with Gasteiger partial charge in [-0.05, 0) is 36.8 Å². The number of amides is 3. The molecule has 0 aliphatic carbocycles. The third-order valence-electron chi connectivity index (χ3n) is 4.27. The van der Waals surface area contributed by atoms with E-state index in [2.05, 4.69) is 10.6 Å². The topological polar surface area (TPSA) is 61.4 Å². The highest BCUT2D eigenvalue weighted by Gasteiger charge is 2.20. The Hall–Kier alpha value is -3.12. The zero-order chi connectivity index (χ0) is 19.2. The maximum Gasteiger partial charge on any atom is 0.324 e. The molecule has 1 atom stereocenters. The van der Waals surface area contributed by atoms with E-state index in [4.69, 9.17) is 0 Å². The molecule has 1 unspecified atom stereocenters. The van der Waals surface area contributed by atoms with Crippen LogP contribution in [0.1, 0.15) is 28.2 Å². The highest BCUT2D eigenvalue weighted by molar-refractivity contribution is 7.18. The first-order valence-corrected chi connectivity index (χ1v) is 9.41. The molecule has 2 N–H and O–H groups in total. The van der Waals surface area contributed by atoms with Gasteiger partial charge < -0.3 is 10.2 Å². The van der Waals surface area contributed by atoms with Gasteiger partial charge in [-0.15, -0.1) is 11.3 Å². The van der Waals surface area contributed by atoms with Crippen LogP contribution in [0.15, 0.2) is 72.8 Å². The van der Waals surface area contributed by atoms with Gasteiger partial charge in [0.25, 0.3) is 5.91 Å². The van der Waals surface area contributed by atoms with Crippen molar-refractivity contribution < 1.29 is 9.59 Å². The number of thiophene rings is 1. The molecule has 0 bridgehead atoms. The molecule has 5 nitrogen and oxygen atoms in total. The first-order valence-electron chi connectivity index (χ1n) is 8.59. The smallest absolute Gasteiger partial charge is 0.324 e. The molecule has 0 fully saturated rings. The molecular formula is C21H21N3O2S. The Kier molecular flexibility index (Phi) is 5.88. The zero-order valence-electron chi connectivity index (χ0n) is 15.2. The molecular weight excluding hydrogens is 358 g/mol. The number of carbonyl (C=O) groups is 2. The van der Waals surface area contributed by atoms with Crippen molar-refractivity contribution in [3.63, 3.8) is 0 Å². The van der Waals surface area contributed by atoms with Gasteiger partial charge in [-0.1, -0.05) is 48.5 Å². The molecule has 2 aromatic carbocycles. The normalized spacial score (nSPS) is 11.5. The summed E-state index contributed by atoms with van der Waals surface area (Å²) in [7, 11) is 1.79. The van der Waals surface area contributed by atoms with Crippen molar-refractivity contribution in [1.29, 1.82) is 0 Å². The van der Waals surface area contributed by atoms with Crippen LogP contribution in [0.25, 0.3) is 0 Å². The van der Waals surface area contributed by atoms with E-state index in [9.17, 15) is 9.59 Å². The average molecular weight is 379 g/mol. The fourth-order valence-corrected chi connectivity index (χ4v) is 3.50. The molecule has 1 aromatic heterocycles.